The summed E-state index contributed by atoms with van der Waals surface area (Å²) in [5.41, 5.74) is 0. The lowest BCUT2D eigenvalue weighted by Crippen LogP contribution is -2.48. The van der Waals surface area contributed by atoms with E-state index < -0.39 is 0 Å². The van der Waals surface area contributed by atoms with Crippen molar-refractivity contribution in [2.75, 3.05) is 18.8 Å². The van der Waals surface area contributed by atoms with Crippen LogP contribution in [0.25, 0.3) is 0 Å². The maximum atomic E-state index is 5.04. The Labute approximate surface area is 127 Å². The van der Waals surface area contributed by atoms with E-state index in [1.165, 1.54) is 75.4 Å². The fourth-order valence-electron chi connectivity index (χ4n) is 4.54. The van der Waals surface area contributed by atoms with Crippen LogP contribution in [0.3, 0.4) is 0 Å². The summed E-state index contributed by atoms with van der Waals surface area (Å²) in [6.45, 7) is 2.64. The summed E-state index contributed by atoms with van der Waals surface area (Å²) in [5.74, 6) is 2.18. The first kappa shape index (κ1) is 13.4. The zero-order valence-electron chi connectivity index (χ0n) is 12.4. The predicted molar refractivity (Wildman–Crippen MR) is 86.4 cm³/mol. The zero-order valence-corrected chi connectivity index (χ0v) is 13.2. The Morgan fingerprint density at radius 1 is 1.05 bits per heavy atom. The summed E-state index contributed by atoms with van der Waals surface area (Å²) >= 11 is 1.99. The maximum absolute atomic E-state index is 5.04. The van der Waals surface area contributed by atoms with E-state index in [1.54, 1.807) is 0 Å². The molecule has 3 heterocycles. The highest BCUT2D eigenvalue weighted by atomic mass is 32.2. The lowest BCUT2D eigenvalue weighted by molar-refractivity contribution is 0.175. The number of amidine groups is 1. The van der Waals surface area contributed by atoms with Gasteiger partial charge in [-0.05, 0) is 51.0 Å². The number of rotatable bonds is 1. The maximum Gasteiger partial charge on any atom is 0.157 e. The molecule has 4 rings (SSSR count). The van der Waals surface area contributed by atoms with E-state index in [2.05, 4.69) is 10.2 Å². The van der Waals surface area contributed by atoms with E-state index in [9.17, 15) is 0 Å². The highest BCUT2D eigenvalue weighted by Gasteiger charge is 2.33. The van der Waals surface area contributed by atoms with E-state index in [0.29, 0.717) is 12.1 Å². The van der Waals surface area contributed by atoms with Crippen molar-refractivity contribution in [3.63, 3.8) is 0 Å². The lowest BCUT2D eigenvalue weighted by Gasteiger charge is -2.37. The Hall–Kier alpha value is -0.220. The zero-order chi connectivity index (χ0) is 13.4. The molecule has 4 heteroatoms. The summed E-state index contributed by atoms with van der Waals surface area (Å²) in [6.07, 6.45) is 11.0. The number of hydrogen-bond acceptors (Lipinski definition) is 4. The van der Waals surface area contributed by atoms with Gasteiger partial charge in [-0.1, -0.05) is 24.6 Å². The van der Waals surface area contributed by atoms with Crippen molar-refractivity contribution < 1.29 is 0 Å². The first-order chi connectivity index (χ1) is 9.88. The molecule has 0 spiro atoms. The molecule has 0 radical (unpaired) electrons. The predicted octanol–water partition coefficient (Wildman–Crippen LogP) is 2.86. The molecule has 0 aromatic heterocycles. The first-order valence-electron chi connectivity index (χ1n) is 8.60. The molecule has 3 fully saturated rings. The van der Waals surface area contributed by atoms with Crippen LogP contribution in [0.15, 0.2) is 4.99 Å². The summed E-state index contributed by atoms with van der Waals surface area (Å²) in [4.78, 5) is 7.74. The normalized spacial score (nSPS) is 41.7. The Kier molecular flexibility index (Phi) is 3.95. The minimum atomic E-state index is 0.638. The molecule has 0 aromatic carbocycles. The molecule has 0 amide bonds. The van der Waals surface area contributed by atoms with E-state index in [4.69, 9.17) is 4.99 Å². The van der Waals surface area contributed by atoms with Crippen LogP contribution in [0.4, 0.5) is 0 Å². The highest BCUT2D eigenvalue weighted by Crippen LogP contribution is 2.34. The second kappa shape index (κ2) is 5.88. The van der Waals surface area contributed by atoms with Crippen LogP contribution < -0.4 is 5.32 Å². The molecule has 3 nitrogen and oxygen atoms in total. The van der Waals surface area contributed by atoms with Crippen molar-refractivity contribution in [1.29, 1.82) is 0 Å². The van der Waals surface area contributed by atoms with E-state index in [-0.39, 0.29) is 0 Å². The summed E-state index contributed by atoms with van der Waals surface area (Å²) in [6, 6.07) is 2.18. The molecule has 1 saturated carbocycles. The third kappa shape index (κ3) is 2.74. The van der Waals surface area contributed by atoms with Gasteiger partial charge < -0.3 is 10.2 Å². The standard InChI is InChI=1S/C16H27N3S/c1-2-6-15-12(4-1)11-20-16(18-15)17-13-7-9-19-8-3-5-14(19)10-13/h12-15H,1-11H2,(H,17,18). The summed E-state index contributed by atoms with van der Waals surface area (Å²) < 4.78 is 0. The molecule has 112 valence electrons. The van der Waals surface area contributed by atoms with Gasteiger partial charge in [-0.3, -0.25) is 4.99 Å². The first-order valence-corrected chi connectivity index (χ1v) is 9.58. The van der Waals surface area contributed by atoms with Gasteiger partial charge in [0, 0.05) is 24.4 Å². The average molecular weight is 293 g/mol. The smallest absolute Gasteiger partial charge is 0.157 e. The van der Waals surface area contributed by atoms with E-state index in [0.717, 1.165) is 12.0 Å². The number of nitrogens with zero attached hydrogens (tertiary/aromatic N) is 2. The minimum absolute atomic E-state index is 0.638. The molecular formula is C16H27N3S. The van der Waals surface area contributed by atoms with Gasteiger partial charge in [0.2, 0.25) is 0 Å². The summed E-state index contributed by atoms with van der Waals surface area (Å²) in [5, 5.41) is 5.06. The molecule has 4 atom stereocenters. The van der Waals surface area contributed by atoms with Crippen LogP contribution in [0.1, 0.15) is 51.4 Å². The van der Waals surface area contributed by atoms with Gasteiger partial charge in [0.05, 0.1) is 6.04 Å². The second-order valence-electron chi connectivity index (χ2n) is 7.05. The van der Waals surface area contributed by atoms with Crippen molar-refractivity contribution >= 4 is 16.9 Å². The number of aliphatic imine (C=N–C) groups is 1. The Bertz CT molecular complexity index is 384. The molecule has 2 saturated heterocycles. The van der Waals surface area contributed by atoms with Gasteiger partial charge in [-0.15, -0.1) is 0 Å². The molecule has 0 aromatic rings. The van der Waals surface area contributed by atoms with Crippen LogP contribution in [-0.2, 0) is 0 Å². The molecule has 0 bridgehead atoms. The topological polar surface area (TPSA) is 27.6 Å². The number of hydrogen-bond donors (Lipinski definition) is 1. The third-order valence-corrected chi connectivity index (χ3v) is 6.83. The number of nitrogens with one attached hydrogen (secondary N) is 1. The molecule has 4 unspecified atom stereocenters. The van der Waals surface area contributed by atoms with E-state index in [1.807, 2.05) is 11.8 Å². The Morgan fingerprint density at radius 3 is 3.00 bits per heavy atom. The van der Waals surface area contributed by atoms with Gasteiger partial charge in [0.15, 0.2) is 5.17 Å². The van der Waals surface area contributed by atoms with Crippen LogP contribution in [-0.4, -0.2) is 47.0 Å². The van der Waals surface area contributed by atoms with Gasteiger partial charge >= 0.3 is 0 Å². The van der Waals surface area contributed by atoms with Crippen molar-refractivity contribution in [2.24, 2.45) is 10.9 Å². The lowest BCUT2D eigenvalue weighted by atomic mass is 9.86. The summed E-state index contributed by atoms with van der Waals surface area (Å²) in [7, 11) is 0. The molecule has 1 N–H and O–H groups in total. The second-order valence-corrected chi connectivity index (χ2v) is 8.06. The van der Waals surface area contributed by atoms with Crippen molar-refractivity contribution in [2.45, 2.75) is 69.5 Å². The van der Waals surface area contributed by atoms with Crippen LogP contribution in [0.2, 0.25) is 0 Å². The molecular weight excluding hydrogens is 266 g/mol. The fraction of sp³-hybridized carbons (Fsp3) is 0.938. The number of piperidine rings is 1. The Morgan fingerprint density at radius 2 is 2.00 bits per heavy atom. The SMILES string of the molecule is C1CCC2N=C(NC3CCN4CCCC4C3)SCC2C1. The molecule has 4 aliphatic rings. The van der Waals surface area contributed by atoms with Crippen LogP contribution in [0.5, 0.6) is 0 Å². The largest absolute Gasteiger partial charge is 0.362 e. The quantitative estimate of drug-likeness (QED) is 0.805. The van der Waals surface area contributed by atoms with Crippen molar-refractivity contribution in [3.05, 3.63) is 0 Å². The van der Waals surface area contributed by atoms with Gasteiger partial charge in [-0.25, -0.2) is 0 Å². The fourth-order valence-corrected chi connectivity index (χ4v) is 5.76. The van der Waals surface area contributed by atoms with Gasteiger partial charge in [0.25, 0.3) is 0 Å². The van der Waals surface area contributed by atoms with Gasteiger partial charge in [-0.2, -0.15) is 0 Å². The Balaban J connectivity index is 1.35. The van der Waals surface area contributed by atoms with Crippen molar-refractivity contribution in [3.8, 4) is 0 Å². The van der Waals surface area contributed by atoms with Gasteiger partial charge in [0.1, 0.15) is 0 Å². The molecule has 20 heavy (non-hydrogen) atoms. The monoisotopic (exact) mass is 293 g/mol. The van der Waals surface area contributed by atoms with E-state index >= 15 is 0 Å². The minimum Gasteiger partial charge on any atom is -0.362 e. The molecule has 3 aliphatic heterocycles. The highest BCUT2D eigenvalue weighted by molar-refractivity contribution is 8.13. The van der Waals surface area contributed by atoms with Crippen LogP contribution >= 0.6 is 11.8 Å². The van der Waals surface area contributed by atoms with Crippen LogP contribution in [0, 0.1) is 5.92 Å². The number of fused-ring (bicyclic) bond motifs is 2. The average Bonchev–Trinajstić information content (AvgIpc) is 2.95. The number of thioether (sulfide) groups is 1. The molecule has 1 aliphatic carbocycles. The van der Waals surface area contributed by atoms with Crippen molar-refractivity contribution in [1.82, 2.24) is 10.2 Å². The third-order valence-electron chi connectivity index (χ3n) is 5.73.